The first kappa shape index (κ1) is 9.04. The van der Waals surface area contributed by atoms with Crippen molar-refractivity contribution in [3.8, 4) is 0 Å². The van der Waals surface area contributed by atoms with E-state index < -0.39 is 0 Å². The predicted octanol–water partition coefficient (Wildman–Crippen LogP) is 2.19. The van der Waals surface area contributed by atoms with Crippen LogP contribution in [0.3, 0.4) is 0 Å². The van der Waals surface area contributed by atoms with Crippen molar-refractivity contribution in [1.82, 2.24) is 4.90 Å². The Morgan fingerprint density at radius 3 is 2.54 bits per heavy atom. The van der Waals surface area contributed by atoms with Crippen LogP contribution in [0.5, 0.6) is 0 Å². The molecule has 2 nitrogen and oxygen atoms in total. The first-order chi connectivity index (χ1) is 6.20. The van der Waals surface area contributed by atoms with Crippen molar-refractivity contribution in [2.24, 2.45) is 5.41 Å². The lowest BCUT2D eigenvalue weighted by Gasteiger charge is -2.29. The normalized spacial score (nSPS) is 27.2. The molecule has 0 aromatic rings. The van der Waals surface area contributed by atoms with Crippen LogP contribution in [0.4, 0.5) is 0 Å². The molecular formula is C11H19NO. The maximum atomic E-state index is 11.4. The Morgan fingerprint density at radius 2 is 2.00 bits per heavy atom. The maximum absolute atomic E-state index is 11.4. The number of carbonyl (C=O) groups excluding carboxylic acids is 1. The van der Waals surface area contributed by atoms with Crippen molar-refractivity contribution in [3.63, 3.8) is 0 Å². The van der Waals surface area contributed by atoms with E-state index in [1.54, 1.807) is 0 Å². The molecule has 1 aliphatic carbocycles. The highest BCUT2D eigenvalue weighted by atomic mass is 16.2. The molecule has 13 heavy (non-hydrogen) atoms. The Morgan fingerprint density at radius 1 is 1.31 bits per heavy atom. The van der Waals surface area contributed by atoms with Gasteiger partial charge in [-0.3, -0.25) is 4.79 Å². The van der Waals surface area contributed by atoms with Crippen molar-refractivity contribution >= 4 is 5.91 Å². The summed E-state index contributed by atoms with van der Waals surface area (Å²) in [5, 5.41) is 0. The number of rotatable bonds is 2. The molecule has 0 aromatic heterocycles. The van der Waals surface area contributed by atoms with Gasteiger partial charge in [-0.05, 0) is 24.7 Å². The van der Waals surface area contributed by atoms with Crippen molar-refractivity contribution in [3.05, 3.63) is 0 Å². The Hall–Kier alpha value is -0.530. The van der Waals surface area contributed by atoms with Gasteiger partial charge in [-0.2, -0.15) is 0 Å². The average molecular weight is 181 g/mol. The van der Waals surface area contributed by atoms with E-state index in [0.717, 1.165) is 25.9 Å². The number of nitrogens with zero attached hydrogens (tertiary/aromatic N) is 1. The molecule has 1 aliphatic heterocycles. The number of hydrogen-bond acceptors (Lipinski definition) is 1. The van der Waals surface area contributed by atoms with E-state index in [4.69, 9.17) is 0 Å². The van der Waals surface area contributed by atoms with Gasteiger partial charge in [0.05, 0.1) is 0 Å². The molecular weight excluding hydrogens is 162 g/mol. The summed E-state index contributed by atoms with van der Waals surface area (Å²) < 4.78 is 0. The van der Waals surface area contributed by atoms with Gasteiger partial charge in [-0.1, -0.05) is 19.8 Å². The molecule has 0 atom stereocenters. The van der Waals surface area contributed by atoms with Gasteiger partial charge in [0.1, 0.15) is 0 Å². The topological polar surface area (TPSA) is 20.3 Å². The van der Waals surface area contributed by atoms with Crippen LogP contribution < -0.4 is 0 Å². The number of carbonyl (C=O) groups is 1. The largest absolute Gasteiger partial charge is 0.342 e. The minimum Gasteiger partial charge on any atom is -0.342 e. The van der Waals surface area contributed by atoms with Crippen LogP contribution in [0.15, 0.2) is 0 Å². The number of hydrogen-bond donors (Lipinski definition) is 0. The number of amides is 1. The molecule has 0 aromatic carbocycles. The Bertz CT molecular complexity index is 206. The molecule has 2 fully saturated rings. The second-order valence-corrected chi connectivity index (χ2v) is 4.94. The monoisotopic (exact) mass is 181 g/mol. The smallest absolute Gasteiger partial charge is 0.222 e. The zero-order chi connectivity index (χ0) is 9.31. The van der Waals surface area contributed by atoms with Crippen molar-refractivity contribution in [2.45, 2.75) is 45.4 Å². The highest BCUT2D eigenvalue weighted by Crippen LogP contribution is 2.38. The van der Waals surface area contributed by atoms with E-state index in [-0.39, 0.29) is 0 Å². The highest BCUT2D eigenvalue weighted by molar-refractivity contribution is 5.78. The highest BCUT2D eigenvalue weighted by Gasteiger charge is 2.33. The van der Waals surface area contributed by atoms with Gasteiger partial charge >= 0.3 is 0 Å². The van der Waals surface area contributed by atoms with Crippen LogP contribution in [0.1, 0.15) is 45.4 Å². The first-order valence-electron chi connectivity index (χ1n) is 5.47. The third-order valence-electron chi connectivity index (χ3n) is 3.55. The van der Waals surface area contributed by atoms with Crippen molar-refractivity contribution in [1.29, 1.82) is 0 Å². The van der Waals surface area contributed by atoms with Crippen LogP contribution in [0.2, 0.25) is 0 Å². The van der Waals surface area contributed by atoms with E-state index in [9.17, 15) is 4.79 Å². The van der Waals surface area contributed by atoms with Crippen molar-refractivity contribution in [2.75, 3.05) is 13.1 Å². The van der Waals surface area contributed by atoms with Crippen LogP contribution >= 0.6 is 0 Å². The van der Waals surface area contributed by atoms with Gasteiger partial charge in [0, 0.05) is 19.5 Å². The van der Waals surface area contributed by atoms with E-state index in [0.29, 0.717) is 11.3 Å². The van der Waals surface area contributed by atoms with E-state index in [1.165, 1.54) is 25.7 Å². The standard InChI is InChI=1S/C11H19NO/c1-11(6-2-3-7-11)9-12-8-4-5-10(12)13/h2-9H2,1H3. The van der Waals surface area contributed by atoms with E-state index in [2.05, 4.69) is 11.8 Å². The second kappa shape index (κ2) is 3.32. The fraction of sp³-hybridized carbons (Fsp3) is 0.909. The molecule has 2 aliphatic rings. The average Bonchev–Trinajstić information content (AvgIpc) is 2.64. The SMILES string of the molecule is CC1(CN2CCCC2=O)CCCC1. The Kier molecular flexibility index (Phi) is 2.31. The summed E-state index contributed by atoms with van der Waals surface area (Å²) in [7, 11) is 0. The van der Waals surface area contributed by atoms with Gasteiger partial charge in [0.25, 0.3) is 0 Å². The maximum Gasteiger partial charge on any atom is 0.222 e. The molecule has 1 heterocycles. The summed E-state index contributed by atoms with van der Waals surface area (Å²) in [5.74, 6) is 0.383. The summed E-state index contributed by atoms with van der Waals surface area (Å²) in [4.78, 5) is 13.5. The molecule has 1 amide bonds. The minimum absolute atomic E-state index is 0.383. The van der Waals surface area contributed by atoms with E-state index >= 15 is 0 Å². The van der Waals surface area contributed by atoms with Crippen LogP contribution in [0.25, 0.3) is 0 Å². The second-order valence-electron chi connectivity index (χ2n) is 4.94. The van der Waals surface area contributed by atoms with Gasteiger partial charge in [-0.15, -0.1) is 0 Å². The summed E-state index contributed by atoms with van der Waals surface area (Å²) >= 11 is 0. The van der Waals surface area contributed by atoms with Crippen molar-refractivity contribution < 1.29 is 4.79 Å². The molecule has 0 unspecified atom stereocenters. The Labute approximate surface area is 80.3 Å². The molecule has 1 saturated carbocycles. The van der Waals surface area contributed by atoms with E-state index in [1.807, 2.05) is 0 Å². The molecule has 0 radical (unpaired) electrons. The quantitative estimate of drug-likeness (QED) is 0.639. The number of likely N-dealkylation sites (tertiary alicyclic amines) is 1. The lowest BCUT2D eigenvalue weighted by molar-refractivity contribution is -0.128. The lowest BCUT2D eigenvalue weighted by Crippen LogP contribution is -2.35. The minimum atomic E-state index is 0.383. The third-order valence-corrected chi connectivity index (χ3v) is 3.55. The summed E-state index contributed by atoms with van der Waals surface area (Å²) in [5.41, 5.74) is 0.444. The molecule has 0 bridgehead atoms. The fourth-order valence-electron chi connectivity index (χ4n) is 2.72. The molecule has 0 N–H and O–H groups in total. The molecule has 0 spiro atoms. The predicted molar refractivity (Wildman–Crippen MR) is 52.4 cm³/mol. The van der Waals surface area contributed by atoms with Crippen LogP contribution in [0, 0.1) is 5.41 Å². The molecule has 2 heteroatoms. The van der Waals surface area contributed by atoms with Gasteiger partial charge < -0.3 is 4.90 Å². The zero-order valence-corrected chi connectivity index (χ0v) is 8.51. The van der Waals surface area contributed by atoms with Gasteiger partial charge in [-0.25, -0.2) is 0 Å². The summed E-state index contributed by atoms with van der Waals surface area (Å²) in [6, 6.07) is 0. The van der Waals surface area contributed by atoms with Gasteiger partial charge in [0.2, 0.25) is 5.91 Å². The van der Waals surface area contributed by atoms with Crippen LogP contribution in [-0.2, 0) is 4.79 Å². The first-order valence-corrected chi connectivity index (χ1v) is 5.47. The molecule has 2 rings (SSSR count). The van der Waals surface area contributed by atoms with Crippen LogP contribution in [-0.4, -0.2) is 23.9 Å². The molecule has 74 valence electrons. The third kappa shape index (κ3) is 1.87. The van der Waals surface area contributed by atoms with Gasteiger partial charge in [0.15, 0.2) is 0 Å². The summed E-state index contributed by atoms with van der Waals surface area (Å²) in [6.07, 6.45) is 7.22. The molecule has 1 saturated heterocycles. The summed E-state index contributed by atoms with van der Waals surface area (Å²) in [6.45, 7) is 4.37. The fourth-order valence-corrected chi connectivity index (χ4v) is 2.72. The lowest BCUT2D eigenvalue weighted by atomic mass is 9.88. The Balaban J connectivity index is 1.92. The zero-order valence-electron chi connectivity index (χ0n) is 8.51.